The molecule has 4 heteroatoms. The van der Waals surface area contributed by atoms with Crippen LogP contribution in [0, 0.1) is 0 Å². The Hall–Kier alpha value is -1.55. The van der Waals surface area contributed by atoms with Crippen LogP contribution in [0.25, 0.3) is 0 Å². The number of rotatable bonds is 9. The van der Waals surface area contributed by atoms with E-state index in [1.165, 1.54) is 0 Å². The van der Waals surface area contributed by atoms with Crippen LogP contribution in [-0.2, 0) is 0 Å². The van der Waals surface area contributed by atoms with Gasteiger partial charge < -0.3 is 10.5 Å². The van der Waals surface area contributed by atoms with Crippen molar-refractivity contribution in [3.8, 4) is 5.75 Å². The van der Waals surface area contributed by atoms with Gasteiger partial charge in [-0.2, -0.15) is 0 Å². The number of unbranched alkanes of at least 4 members (excludes halogenated alkanes) is 1. The average Bonchev–Trinajstić information content (AvgIpc) is 2.50. The van der Waals surface area contributed by atoms with E-state index in [1.807, 2.05) is 0 Å². The lowest BCUT2D eigenvalue weighted by Gasteiger charge is -2.29. The van der Waals surface area contributed by atoms with Crippen molar-refractivity contribution in [2.45, 2.75) is 46.1 Å². The van der Waals surface area contributed by atoms with Crippen LogP contribution < -0.4 is 10.5 Å². The molecule has 0 amide bonds. The fraction of sp³-hybridized carbons (Fsp3) is 0.588. The zero-order chi connectivity index (χ0) is 15.8. The van der Waals surface area contributed by atoms with Crippen molar-refractivity contribution in [1.29, 1.82) is 0 Å². The molecular formula is C17H28N2O2. The second kappa shape index (κ2) is 8.67. The maximum absolute atomic E-state index is 12.8. The molecule has 21 heavy (non-hydrogen) atoms. The Morgan fingerprint density at radius 2 is 2.05 bits per heavy atom. The van der Waals surface area contributed by atoms with E-state index in [4.69, 9.17) is 10.5 Å². The number of anilines is 1. The van der Waals surface area contributed by atoms with Crippen molar-refractivity contribution in [3.63, 3.8) is 0 Å². The van der Waals surface area contributed by atoms with Gasteiger partial charge in [0.15, 0.2) is 5.78 Å². The predicted octanol–water partition coefficient (Wildman–Crippen LogP) is 3.36. The van der Waals surface area contributed by atoms with E-state index in [9.17, 15) is 4.79 Å². The zero-order valence-corrected chi connectivity index (χ0v) is 13.7. The Morgan fingerprint density at radius 3 is 2.52 bits per heavy atom. The summed E-state index contributed by atoms with van der Waals surface area (Å²) in [5.41, 5.74) is 7.08. The molecule has 2 N–H and O–H groups in total. The minimum absolute atomic E-state index is 0.0747. The number of nitrogens with zero attached hydrogens (tertiary/aromatic N) is 1. The van der Waals surface area contributed by atoms with Crippen molar-refractivity contribution in [3.05, 3.63) is 23.8 Å². The van der Waals surface area contributed by atoms with Gasteiger partial charge in [-0.1, -0.05) is 27.2 Å². The van der Waals surface area contributed by atoms with Crippen molar-refractivity contribution in [1.82, 2.24) is 4.90 Å². The van der Waals surface area contributed by atoms with Crippen LogP contribution in [-0.4, -0.2) is 36.9 Å². The summed E-state index contributed by atoms with van der Waals surface area (Å²) >= 11 is 0. The molecule has 0 bridgehead atoms. The fourth-order valence-corrected chi connectivity index (χ4v) is 2.58. The molecule has 1 aromatic carbocycles. The standard InChI is InChI=1S/C17H28N2O2/c1-5-8-11-19(7-3)15(6-2)17(20)13-9-10-16(21-4)14(18)12-13/h9-10,12,15H,5-8,11,18H2,1-4H3. The number of benzene rings is 1. The molecule has 0 aromatic heterocycles. The summed E-state index contributed by atoms with van der Waals surface area (Å²) in [5, 5.41) is 0. The predicted molar refractivity (Wildman–Crippen MR) is 88.0 cm³/mol. The molecule has 0 spiro atoms. The number of carbonyl (C=O) groups is 1. The molecular weight excluding hydrogens is 264 g/mol. The first-order valence-corrected chi connectivity index (χ1v) is 7.80. The number of methoxy groups -OCH3 is 1. The fourth-order valence-electron chi connectivity index (χ4n) is 2.58. The van der Waals surface area contributed by atoms with Crippen molar-refractivity contribution >= 4 is 11.5 Å². The van der Waals surface area contributed by atoms with Crippen LogP contribution in [0.5, 0.6) is 5.75 Å². The second-order valence-electron chi connectivity index (χ2n) is 5.23. The number of likely N-dealkylation sites (N-methyl/N-ethyl adjacent to an activating group) is 1. The summed E-state index contributed by atoms with van der Waals surface area (Å²) in [6.07, 6.45) is 3.06. The number of hydrogen-bond donors (Lipinski definition) is 1. The van der Waals surface area contributed by atoms with Crippen molar-refractivity contribution < 1.29 is 9.53 Å². The summed E-state index contributed by atoms with van der Waals surface area (Å²) in [4.78, 5) is 15.0. The number of ketones is 1. The Bertz CT molecular complexity index is 460. The Labute approximate surface area is 128 Å². The summed E-state index contributed by atoms with van der Waals surface area (Å²) in [5.74, 6) is 0.753. The van der Waals surface area contributed by atoms with E-state index in [-0.39, 0.29) is 11.8 Å². The van der Waals surface area contributed by atoms with Crippen LogP contribution in [0.4, 0.5) is 5.69 Å². The van der Waals surface area contributed by atoms with Gasteiger partial charge in [0.25, 0.3) is 0 Å². The Balaban J connectivity index is 2.94. The summed E-state index contributed by atoms with van der Waals surface area (Å²) in [6, 6.07) is 5.21. The molecule has 0 aliphatic rings. The first-order valence-electron chi connectivity index (χ1n) is 7.80. The number of nitrogen functional groups attached to an aromatic ring is 1. The summed E-state index contributed by atoms with van der Waals surface area (Å²) < 4.78 is 5.14. The second-order valence-corrected chi connectivity index (χ2v) is 5.23. The molecule has 0 aliphatic carbocycles. The van der Waals surface area contributed by atoms with E-state index in [0.717, 1.165) is 32.4 Å². The van der Waals surface area contributed by atoms with Gasteiger partial charge in [0.1, 0.15) is 5.75 Å². The lowest BCUT2D eigenvalue weighted by Crippen LogP contribution is -2.41. The van der Waals surface area contributed by atoms with Crippen LogP contribution >= 0.6 is 0 Å². The zero-order valence-electron chi connectivity index (χ0n) is 13.7. The number of carbonyl (C=O) groups excluding carboxylic acids is 1. The topological polar surface area (TPSA) is 55.6 Å². The molecule has 4 nitrogen and oxygen atoms in total. The van der Waals surface area contributed by atoms with Gasteiger partial charge in [-0.3, -0.25) is 9.69 Å². The molecule has 1 atom stereocenters. The molecule has 1 unspecified atom stereocenters. The smallest absolute Gasteiger partial charge is 0.180 e. The Kier molecular flexibility index (Phi) is 7.23. The van der Waals surface area contributed by atoms with Gasteiger partial charge in [0, 0.05) is 5.56 Å². The summed E-state index contributed by atoms with van der Waals surface area (Å²) in [7, 11) is 1.58. The largest absolute Gasteiger partial charge is 0.495 e. The Morgan fingerprint density at radius 1 is 1.33 bits per heavy atom. The molecule has 118 valence electrons. The van der Waals surface area contributed by atoms with Crippen LogP contribution in [0.1, 0.15) is 50.4 Å². The highest BCUT2D eigenvalue weighted by atomic mass is 16.5. The number of Topliss-reactive ketones (excluding diaryl/α,β-unsaturated/α-hetero) is 1. The number of ether oxygens (including phenoxy) is 1. The highest BCUT2D eigenvalue weighted by molar-refractivity contribution is 6.01. The van der Waals surface area contributed by atoms with E-state index < -0.39 is 0 Å². The highest BCUT2D eigenvalue weighted by Gasteiger charge is 2.24. The SMILES string of the molecule is CCCCN(CC)C(CC)C(=O)c1ccc(OC)c(N)c1. The van der Waals surface area contributed by atoms with Crippen LogP contribution in [0.3, 0.4) is 0 Å². The minimum Gasteiger partial charge on any atom is -0.495 e. The molecule has 0 aliphatic heterocycles. The third kappa shape index (κ3) is 4.46. The van der Waals surface area contributed by atoms with Gasteiger partial charge in [0.05, 0.1) is 18.8 Å². The lowest BCUT2D eigenvalue weighted by molar-refractivity contribution is 0.0816. The van der Waals surface area contributed by atoms with Gasteiger partial charge in [0.2, 0.25) is 0 Å². The van der Waals surface area contributed by atoms with Crippen molar-refractivity contribution in [2.24, 2.45) is 0 Å². The first-order chi connectivity index (χ1) is 10.1. The normalized spacial score (nSPS) is 12.4. The molecule has 1 aromatic rings. The maximum atomic E-state index is 12.8. The molecule has 0 fully saturated rings. The molecule has 0 saturated heterocycles. The van der Waals surface area contributed by atoms with Gasteiger partial charge in [-0.15, -0.1) is 0 Å². The first kappa shape index (κ1) is 17.5. The molecule has 1 rings (SSSR count). The third-order valence-corrected chi connectivity index (χ3v) is 3.85. The average molecular weight is 292 g/mol. The van der Waals surface area contributed by atoms with Gasteiger partial charge in [-0.25, -0.2) is 0 Å². The molecule has 0 radical (unpaired) electrons. The van der Waals surface area contributed by atoms with Crippen LogP contribution in [0.2, 0.25) is 0 Å². The van der Waals surface area contributed by atoms with E-state index in [1.54, 1.807) is 25.3 Å². The minimum atomic E-state index is -0.0747. The van der Waals surface area contributed by atoms with Gasteiger partial charge >= 0.3 is 0 Å². The molecule has 0 heterocycles. The third-order valence-electron chi connectivity index (χ3n) is 3.85. The number of hydrogen-bond acceptors (Lipinski definition) is 4. The van der Waals surface area contributed by atoms with E-state index in [2.05, 4.69) is 25.7 Å². The lowest BCUT2D eigenvalue weighted by atomic mass is 9.99. The summed E-state index contributed by atoms with van der Waals surface area (Å²) in [6.45, 7) is 8.18. The quantitative estimate of drug-likeness (QED) is 0.560. The molecule has 0 saturated carbocycles. The van der Waals surface area contributed by atoms with Gasteiger partial charge in [-0.05, 0) is 44.1 Å². The number of nitrogens with two attached hydrogens (primary N) is 1. The monoisotopic (exact) mass is 292 g/mol. The van der Waals surface area contributed by atoms with Crippen molar-refractivity contribution in [2.75, 3.05) is 25.9 Å². The highest BCUT2D eigenvalue weighted by Crippen LogP contribution is 2.24. The maximum Gasteiger partial charge on any atom is 0.180 e. The van der Waals surface area contributed by atoms with E-state index in [0.29, 0.717) is 17.0 Å². The van der Waals surface area contributed by atoms with Crippen LogP contribution in [0.15, 0.2) is 18.2 Å². The van der Waals surface area contributed by atoms with E-state index >= 15 is 0 Å².